The topological polar surface area (TPSA) is 36.9 Å². The molecule has 4 nitrogen and oxygen atoms in total. The normalized spacial score (nSPS) is 48.2. The van der Waals surface area contributed by atoms with Crippen LogP contribution in [0.3, 0.4) is 0 Å². The number of halogens is 1. The highest BCUT2D eigenvalue weighted by Crippen LogP contribution is 2.19. The van der Waals surface area contributed by atoms with Gasteiger partial charge in [-0.05, 0) is 26.2 Å². The third-order valence-electron chi connectivity index (χ3n) is 1.52. The third-order valence-corrected chi connectivity index (χ3v) is 15.3. The predicted molar refractivity (Wildman–Crippen MR) is 60.9 cm³/mol. The second kappa shape index (κ2) is 4.68. The minimum absolute atomic E-state index is 1.51. The van der Waals surface area contributed by atoms with E-state index in [1.807, 2.05) is 26.2 Å². The van der Waals surface area contributed by atoms with Crippen molar-refractivity contribution in [2.24, 2.45) is 0 Å². The molecule has 0 aromatic carbocycles. The maximum absolute atomic E-state index is 6.11. The molecule has 0 bridgehead atoms. The maximum Gasteiger partial charge on any atom is 0.421 e. The van der Waals surface area contributed by atoms with Gasteiger partial charge in [-0.15, -0.1) is 11.1 Å². The standard InChI is InChI=1S/C4H15ClO4Si4/c1-10-6-11(2)8-13(4,5)9-12(3)7-10/h10-12H,1-4H3. The summed E-state index contributed by atoms with van der Waals surface area (Å²) in [7, 11) is -7.20. The van der Waals surface area contributed by atoms with Crippen molar-refractivity contribution in [2.45, 2.75) is 26.2 Å². The zero-order valence-electron chi connectivity index (χ0n) is 8.24. The molecule has 1 heterocycles. The van der Waals surface area contributed by atoms with Crippen LogP contribution in [-0.4, -0.2) is 35.7 Å². The minimum Gasteiger partial charge on any atom is -0.420 e. The molecule has 2 unspecified atom stereocenters. The number of hydrogen-bond acceptors (Lipinski definition) is 4. The summed E-state index contributed by atoms with van der Waals surface area (Å²) in [5.74, 6) is 0. The lowest BCUT2D eigenvalue weighted by molar-refractivity contribution is 0.288. The lowest BCUT2D eigenvalue weighted by Gasteiger charge is -2.32. The highest BCUT2D eigenvalue weighted by molar-refractivity contribution is 7.15. The lowest BCUT2D eigenvalue weighted by Crippen LogP contribution is -2.50. The zero-order chi connectivity index (χ0) is 10.1. The largest absolute Gasteiger partial charge is 0.421 e. The fourth-order valence-electron chi connectivity index (χ4n) is 1.25. The maximum atomic E-state index is 6.11. The lowest BCUT2D eigenvalue weighted by atomic mass is 11.9. The van der Waals surface area contributed by atoms with Gasteiger partial charge in [-0.2, -0.15) is 0 Å². The van der Waals surface area contributed by atoms with E-state index in [1.165, 1.54) is 0 Å². The first kappa shape index (κ1) is 12.1. The van der Waals surface area contributed by atoms with Gasteiger partial charge in [-0.1, -0.05) is 0 Å². The van der Waals surface area contributed by atoms with Crippen molar-refractivity contribution < 1.29 is 16.5 Å². The summed E-state index contributed by atoms with van der Waals surface area (Å²) in [6.45, 7) is 7.74. The van der Waals surface area contributed by atoms with E-state index in [1.54, 1.807) is 0 Å². The van der Waals surface area contributed by atoms with Crippen LogP contribution in [0.2, 0.25) is 26.2 Å². The second-order valence-electron chi connectivity index (χ2n) is 3.05. The molecule has 0 aromatic heterocycles. The molecular formula is C4H15ClO4Si4. The Bertz CT molecular complexity index is 166. The summed E-state index contributed by atoms with van der Waals surface area (Å²) in [6.07, 6.45) is 0. The molecule has 1 fully saturated rings. The van der Waals surface area contributed by atoms with Gasteiger partial charge in [0, 0.05) is 0 Å². The van der Waals surface area contributed by atoms with Crippen molar-refractivity contribution in [1.82, 2.24) is 0 Å². The number of rotatable bonds is 0. The van der Waals surface area contributed by atoms with Crippen LogP contribution in [-0.2, 0) is 16.5 Å². The van der Waals surface area contributed by atoms with Gasteiger partial charge in [0.2, 0.25) is 0 Å². The van der Waals surface area contributed by atoms with Gasteiger partial charge in [-0.3, -0.25) is 0 Å². The van der Waals surface area contributed by atoms with E-state index in [2.05, 4.69) is 0 Å². The SMILES string of the molecule is C[SiH]1O[SiH](C)O[Si](C)(Cl)O[SiH](C)O1. The van der Waals surface area contributed by atoms with E-state index in [-0.39, 0.29) is 0 Å². The molecule has 0 aromatic rings. The number of hydrogen-bond donors (Lipinski definition) is 0. The van der Waals surface area contributed by atoms with Gasteiger partial charge < -0.3 is 16.5 Å². The van der Waals surface area contributed by atoms with Crippen LogP contribution in [0.5, 0.6) is 0 Å². The summed E-state index contributed by atoms with van der Waals surface area (Å²) in [4.78, 5) is 0. The van der Waals surface area contributed by atoms with Gasteiger partial charge in [0.15, 0.2) is 0 Å². The fraction of sp³-hybridized carbons (Fsp3) is 1.00. The molecule has 1 aliphatic rings. The first-order valence-electron chi connectivity index (χ1n) is 4.24. The Kier molecular flexibility index (Phi) is 4.34. The zero-order valence-corrected chi connectivity index (χ0v) is 13.5. The van der Waals surface area contributed by atoms with Crippen LogP contribution in [0.25, 0.3) is 0 Å². The summed E-state index contributed by atoms with van der Waals surface area (Å²) in [5.41, 5.74) is 0. The van der Waals surface area contributed by atoms with Crippen molar-refractivity contribution in [1.29, 1.82) is 0 Å². The Hall–Kier alpha value is 0.998. The molecule has 0 saturated carbocycles. The molecule has 0 amide bonds. The van der Waals surface area contributed by atoms with Gasteiger partial charge in [0.05, 0.1) is 0 Å². The van der Waals surface area contributed by atoms with Crippen LogP contribution >= 0.6 is 11.1 Å². The molecule has 2 atom stereocenters. The summed E-state index contributed by atoms with van der Waals surface area (Å²) in [6, 6.07) is 0. The molecule has 0 aliphatic carbocycles. The van der Waals surface area contributed by atoms with Crippen LogP contribution in [0.4, 0.5) is 0 Å². The average molecular weight is 275 g/mol. The second-order valence-corrected chi connectivity index (χ2v) is 14.2. The minimum atomic E-state index is -2.46. The van der Waals surface area contributed by atoms with Gasteiger partial charge in [0.25, 0.3) is 9.28 Å². The molecule has 13 heavy (non-hydrogen) atoms. The molecular weight excluding hydrogens is 260 g/mol. The van der Waals surface area contributed by atoms with Crippen LogP contribution < -0.4 is 0 Å². The van der Waals surface area contributed by atoms with Crippen LogP contribution in [0, 0.1) is 0 Å². The van der Waals surface area contributed by atoms with Crippen molar-refractivity contribution in [3.8, 4) is 0 Å². The predicted octanol–water partition coefficient (Wildman–Crippen LogP) is 0.425. The van der Waals surface area contributed by atoms with Crippen molar-refractivity contribution >= 4 is 46.8 Å². The molecule has 1 rings (SSSR count). The van der Waals surface area contributed by atoms with Gasteiger partial charge in [-0.25, -0.2) is 0 Å². The van der Waals surface area contributed by atoms with E-state index < -0.39 is 35.7 Å². The van der Waals surface area contributed by atoms with E-state index in [9.17, 15) is 0 Å². The smallest absolute Gasteiger partial charge is 0.420 e. The monoisotopic (exact) mass is 274 g/mol. The van der Waals surface area contributed by atoms with Crippen molar-refractivity contribution in [2.75, 3.05) is 0 Å². The van der Waals surface area contributed by atoms with Crippen LogP contribution in [0.15, 0.2) is 0 Å². The molecule has 9 heteroatoms. The van der Waals surface area contributed by atoms with E-state index >= 15 is 0 Å². The molecule has 0 radical (unpaired) electrons. The molecule has 1 aliphatic heterocycles. The molecule has 0 N–H and O–H groups in total. The Balaban J connectivity index is 2.59. The highest BCUT2D eigenvalue weighted by atomic mass is 35.6. The Labute approximate surface area is 89.6 Å². The average Bonchev–Trinajstić information content (AvgIpc) is 1.78. The Morgan fingerprint density at radius 3 is 1.69 bits per heavy atom. The summed E-state index contributed by atoms with van der Waals surface area (Å²) in [5, 5.41) is 0. The third kappa shape index (κ3) is 4.36. The van der Waals surface area contributed by atoms with Crippen molar-refractivity contribution in [3.05, 3.63) is 0 Å². The summed E-state index contributed by atoms with van der Waals surface area (Å²) >= 11 is 6.11. The molecule has 0 spiro atoms. The van der Waals surface area contributed by atoms with Crippen molar-refractivity contribution in [3.63, 3.8) is 0 Å². The fourth-order valence-corrected chi connectivity index (χ4v) is 15.6. The molecule has 78 valence electrons. The van der Waals surface area contributed by atoms with Crippen LogP contribution in [0.1, 0.15) is 0 Å². The van der Waals surface area contributed by atoms with E-state index in [0.29, 0.717) is 0 Å². The highest BCUT2D eigenvalue weighted by Gasteiger charge is 2.37. The van der Waals surface area contributed by atoms with E-state index in [4.69, 9.17) is 27.5 Å². The Morgan fingerprint density at radius 2 is 1.31 bits per heavy atom. The quantitative estimate of drug-likeness (QED) is 0.474. The first-order valence-corrected chi connectivity index (χ1v) is 13.9. The Morgan fingerprint density at radius 1 is 0.923 bits per heavy atom. The van der Waals surface area contributed by atoms with Gasteiger partial charge >= 0.3 is 26.4 Å². The molecule has 1 saturated heterocycles. The summed E-state index contributed by atoms with van der Waals surface area (Å²) < 4.78 is 22.5. The van der Waals surface area contributed by atoms with E-state index in [0.717, 1.165) is 0 Å². The first-order chi connectivity index (χ1) is 5.89. The van der Waals surface area contributed by atoms with Gasteiger partial charge in [0.1, 0.15) is 0 Å².